The number of hydrogen-bond donors (Lipinski definition) is 0. The van der Waals surface area contributed by atoms with Gasteiger partial charge in [0.15, 0.2) is 0 Å². The van der Waals surface area contributed by atoms with Crippen molar-refractivity contribution in [3.8, 4) is 0 Å². The van der Waals surface area contributed by atoms with Crippen molar-refractivity contribution in [3.63, 3.8) is 0 Å². The highest BCUT2D eigenvalue weighted by atomic mass is 19.4. The molecule has 0 unspecified atom stereocenters. The van der Waals surface area contributed by atoms with Gasteiger partial charge in [0.2, 0.25) is 0 Å². The molecular weight excluding hydrogens is 427 g/mol. The molecule has 0 spiro atoms. The van der Waals surface area contributed by atoms with Crippen LogP contribution in [0.15, 0.2) is 77.7 Å². The molecule has 4 nitrogen and oxygen atoms in total. The molecule has 0 aliphatic carbocycles. The summed E-state index contributed by atoms with van der Waals surface area (Å²) in [5.74, 6) is 0. The average molecular weight is 449 g/mol. The van der Waals surface area contributed by atoms with Gasteiger partial charge >= 0.3 is 6.18 Å². The number of benzene rings is 2. The molecule has 0 saturated heterocycles. The first-order chi connectivity index (χ1) is 15.9. The third-order valence-corrected chi connectivity index (χ3v) is 6.17. The van der Waals surface area contributed by atoms with E-state index in [4.69, 9.17) is 0 Å². The van der Waals surface area contributed by atoms with Gasteiger partial charge in [-0.2, -0.15) is 13.2 Å². The minimum absolute atomic E-state index is 0.131. The minimum Gasteiger partial charge on any atom is -0.294 e. The van der Waals surface area contributed by atoms with Crippen LogP contribution < -0.4 is 5.56 Å². The monoisotopic (exact) mass is 449 g/mol. The number of nitrogens with zero attached hydrogens (tertiary/aromatic N) is 3. The summed E-state index contributed by atoms with van der Waals surface area (Å²) in [5.41, 5.74) is 3.30. The fraction of sp³-hybridized carbons (Fsp3) is 0.231. The lowest BCUT2D eigenvalue weighted by Gasteiger charge is -2.30. The molecule has 7 heteroatoms. The predicted molar refractivity (Wildman–Crippen MR) is 121 cm³/mol. The molecule has 0 N–H and O–H groups in total. The van der Waals surface area contributed by atoms with Crippen molar-refractivity contribution >= 4 is 11.0 Å². The Labute approximate surface area is 188 Å². The van der Waals surface area contributed by atoms with Crippen LogP contribution in [0, 0.1) is 0 Å². The van der Waals surface area contributed by atoms with E-state index < -0.39 is 11.7 Å². The lowest BCUT2D eigenvalue weighted by molar-refractivity contribution is -0.137. The summed E-state index contributed by atoms with van der Waals surface area (Å²) in [4.78, 5) is 20.3. The zero-order valence-corrected chi connectivity index (χ0v) is 17.8. The maximum absolute atomic E-state index is 13.6. The maximum Gasteiger partial charge on any atom is 0.416 e. The van der Waals surface area contributed by atoms with E-state index in [1.54, 1.807) is 10.8 Å². The van der Waals surface area contributed by atoms with Crippen LogP contribution in [-0.2, 0) is 32.2 Å². The molecule has 1 aliphatic rings. The molecule has 3 heterocycles. The van der Waals surface area contributed by atoms with Gasteiger partial charge in [0.1, 0.15) is 5.65 Å². The first-order valence-corrected chi connectivity index (χ1v) is 10.8. The Kier molecular flexibility index (Phi) is 5.50. The Hall–Kier alpha value is -3.45. The van der Waals surface area contributed by atoms with E-state index in [-0.39, 0.29) is 12.1 Å². The molecule has 33 heavy (non-hydrogen) atoms. The highest BCUT2D eigenvalue weighted by Gasteiger charge is 2.30. The summed E-state index contributed by atoms with van der Waals surface area (Å²) in [6, 6.07) is 18.9. The quantitative estimate of drug-likeness (QED) is 0.439. The molecule has 0 amide bonds. The van der Waals surface area contributed by atoms with Crippen LogP contribution in [0.4, 0.5) is 13.2 Å². The third-order valence-electron chi connectivity index (χ3n) is 6.17. The van der Waals surface area contributed by atoms with E-state index in [1.165, 1.54) is 17.7 Å². The Morgan fingerprint density at radius 3 is 2.30 bits per heavy atom. The predicted octanol–water partition coefficient (Wildman–Crippen LogP) is 5.02. The SMILES string of the molecule is O=c1c2c(c3cccnc3n1Cc1ccc(C(F)(F)F)cc1)CCN(Cc1ccccc1)C2. The molecule has 5 rings (SSSR count). The van der Waals surface area contributed by atoms with Crippen molar-refractivity contribution in [1.82, 2.24) is 14.5 Å². The standard InChI is InChI=1S/C26H22F3N3O/c27-26(28,29)20-10-8-19(9-11-20)16-32-24-22(7-4-13-30-24)21-12-14-31(17-23(21)25(32)33)15-18-5-2-1-3-6-18/h1-11,13H,12,14-17H2. The van der Waals surface area contributed by atoms with E-state index in [1.807, 2.05) is 30.3 Å². The van der Waals surface area contributed by atoms with Gasteiger partial charge < -0.3 is 0 Å². The molecule has 1 aliphatic heterocycles. The molecule has 2 aromatic heterocycles. The maximum atomic E-state index is 13.6. The molecule has 2 aromatic carbocycles. The van der Waals surface area contributed by atoms with Crippen molar-refractivity contribution < 1.29 is 13.2 Å². The fourth-order valence-electron chi connectivity index (χ4n) is 4.52. The van der Waals surface area contributed by atoms with Crippen molar-refractivity contribution in [2.45, 2.75) is 32.2 Å². The fourth-order valence-corrected chi connectivity index (χ4v) is 4.52. The molecule has 0 fully saturated rings. The van der Waals surface area contributed by atoms with E-state index >= 15 is 0 Å². The molecule has 0 saturated carbocycles. The summed E-state index contributed by atoms with van der Waals surface area (Å²) in [7, 11) is 0. The molecule has 4 aromatic rings. The van der Waals surface area contributed by atoms with Crippen LogP contribution in [-0.4, -0.2) is 21.0 Å². The Morgan fingerprint density at radius 2 is 1.58 bits per heavy atom. The number of aromatic nitrogens is 2. The molecule has 0 radical (unpaired) electrons. The Balaban J connectivity index is 1.52. The van der Waals surface area contributed by atoms with E-state index in [2.05, 4.69) is 22.0 Å². The number of fused-ring (bicyclic) bond motifs is 3. The van der Waals surface area contributed by atoms with Gasteiger partial charge in [0.05, 0.1) is 12.1 Å². The van der Waals surface area contributed by atoms with Crippen LogP contribution in [0.2, 0.25) is 0 Å². The van der Waals surface area contributed by atoms with E-state index in [9.17, 15) is 18.0 Å². The van der Waals surface area contributed by atoms with Gasteiger partial charge in [-0.15, -0.1) is 0 Å². The number of alkyl halides is 3. The van der Waals surface area contributed by atoms with E-state index in [0.717, 1.165) is 48.2 Å². The second-order valence-electron chi connectivity index (χ2n) is 8.36. The van der Waals surface area contributed by atoms with Gasteiger partial charge in [0, 0.05) is 36.8 Å². The van der Waals surface area contributed by atoms with Crippen LogP contribution in [0.5, 0.6) is 0 Å². The van der Waals surface area contributed by atoms with Gasteiger partial charge in [-0.05, 0) is 47.4 Å². The van der Waals surface area contributed by atoms with Crippen LogP contribution in [0.25, 0.3) is 11.0 Å². The molecule has 0 atom stereocenters. The van der Waals surface area contributed by atoms with Crippen molar-refractivity contribution in [2.24, 2.45) is 0 Å². The largest absolute Gasteiger partial charge is 0.416 e. The molecule has 0 bridgehead atoms. The van der Waals surface area contributed by atoms with E-state index in [0.29, 0.717) is 17.8 Å². The van der Waals surface area contributed by atoms with Gasteiger partial charge in [-0.1, -0.05) is 42.5 Å². The first kappa shape index (κ1) is 21.4. The highest BCUT2D eigenvalue weighted by molar-refractivity contribution is 5.80. The van der Waals surface area contributed by atoms with Crippen LogP contribution >= 0.6 is 0 Å². The van der Waals surface area contributed by atoms with Crippen molar-refractivity contribution in [3.05, 3.63) is 111 Å². The van der Waals surface area contributed by atoms with Crippen molar-refractivity contribution in [1.29, 1.82) is 0 Å². The summed E-state index contributed by atoms with van der Waals surface area (Å²) in [6.45, 7) is 2.29. The molecule has 168 valence electrons. The molecular formula is C26H22F3N3O. The summed E-state index contributed by atoms with van der Waals surface area (Å²) in [5, 5.41) is 0.929. The van der Waals surface area contributed by atoms with Crippen molar-refractivity contribution in [2.75, 3.05) is 6.54 Å². The Bertz CT molecular complexity index is 1350. The van der Waals surface area contributed by atoms with Crippen LogP contribution in [0.3, 0.4) is 0 Å². The second kappa shape index (κ2) is 8.48. The first-order valence-electron chi connectivity index (χ1n) is 10.8. The summed E-state index contributed by atoms with van der Waals surface area (Å²) >= 11 is 0. The zero-order chi connectivity index (χ0) is 23.0. The van der Waals surface area contributed by atoms with Gasteiger partial charge in [-0.25, -0.2) is 4.98 Å². The number of halogens is 3. The highest BCUT2D eigenvalue weighted by Crippen LogP contribution is 2.30. The Morgan fingerprint density at radius 1 is 0.848 bits per heavy atom. The lowest BCUT2D eigenvalue weighted by atomic mass is 9.97. The number of rotatable bonds is 4. The average Bonchev–Trinajstić information content (AvgIpc) is 2.82. The summed E-state index contributed by atoms with van der Waals surface area (Å²) < 4.78 is 40.4. The zero-order valence-electron chi connectivity index (χ0n) is 17.8. The summed E-state index contributed by atoms with van der Waals surface area (Å²) in [6.07, 6.45) is -2.00. The number of hydrogen-bond acceptors (Lipinski definition) is 3. The normalized spacial score (nSPS) is 14.4. The van der Waals surface area contributed by atoms with Crippen LogP contribution in [0.1, 0.15) is 27.8 Å². The van der Waals surface area contributed by atoms with Gasteiger partial charge in [-0.3, -0.25) is 14.3 Å². The van der Waals surface area contributed by atoms with Gasteiger partial charge in [0.25, 0.3) is 5.56 Å². The third kappa shape index (κ3) is 4.28. The topological polar surface area (TPSA) is 38.1 Å². The number of pyridine rings is 2. The minimum atomic E-state index is -4.39. The second-order valence-corrected chi connectivity index (χ2v) is 8.36. The lowest BCUT2D eigenvalue weighted by Crippen LogP contribution is -2.37. The smallest absolute Gasteiger partial charge is 0.294 e.